The summed E-state index contributed by atoms with van der Waals surface area (Å²) in [5.74, 6) is 0.267. The van der Waals surface area contributed by atoms with Crippen LogP contribution in [0, 0.1) is 26.7 Å². The summed E-state index contributed by atoms with van der Waals surface area (Å²) in [6, 6.07) is 7.58. The minimum Gasteiger partial charge on any atom is -0.274 e. The van der Waals surface area contributed by atoms with Crippen molar-refractivity contribution < 1.29 is 9.59 Å². The summed E-state index contributed by atoms with van der Waals surface area (Å²) in [4.78, 5) is 27.0. The second-order valence-corrected chi connectivity index (χ2v) is 7.35. The van der Waals surface area contributed by atoms with Gasteiger partial charge in [-0.25, -0.2) is 4.90 Å². The lowest BCUT2D eigenvalue weighted by Gasteiger charge is -2.28. The summed E-state index contributed by atoms with van der Waals surface area (Å²) in [5, 5.41) is 0. The van der Waals surface area contributed by atoms with E-state index in [1.165, 1.54) is 4.90 Å². The maximum absolute atomic E-state index is 12.9. The van der Waals surface area contributed by atoms with Crippen molar-refractivity contribution in [3.8, 4) is 0 Å². The molecule has 4 atom stereocenters. The molecule has 0 spiro atoms. The number of allylic oxidation sites excluding steroid dienone is 2. The molecule has 3 nitrogen and oxygen atoms in total. The third-order valence-corrected chi connectivity index (χ3v) is 5.92. The van der Waals surface area contributed by atoms with Crippen LogP contribution in [0.1, 0.15) is 13.3 Å². The van der Waals surface area contributed by atoms with Gasteiger partial charge >= 0.3 is 0 Å². The summed E-state index contributed by atoms with van der Waals surface area (Å²) < 4.78 is 1.10. The van der Waals surface area contributed by atoms with Crippen molar-refractivity contribution >= 4 is 40.1 Å². The van der Waals surface area contributed by atoms with Gasteiger partial charge in [0.05, 0.1) is 17.0 Å². The highest BCUT2D eigenvalue weighted by molar-refractivity contribution is 14.1. The number of imide groups is 1. The van der Waals surface area contributed by atoms with Crippen LogP contribution in [0.5, 0.6) is 0 Å². The van der Waals surface area contributed by atoms with Crippen LogP contribution in [-0.2, 0) is 9.59 Å². The minimum absolute atomic E-state index is 0.0180. The topological polar surface area (TPSA) is 37.4 Å². The fourth-order valence-corrected chi connectivity index (χ4v) is 4.50. The average molecular weight is 379 g/mol. The Bertz CT molecular complexity index is 651. The molecule has 1 heterocycles. The number of carbonyl (C=O) groups is 2. The molecule has 3 aliphatic rings. The van der Waals surface area contributed by atoms with Crippen molar-refractivity contribution in [3.63, 3.8) is 0 Å². The van der Waals surface area contributed by atoms with Gasteiger partial charge in [-0.1, -0.05) is 12.2 Å². The van der Waals surface area contributed by atoms with Crippen molar-refractivity contribution in [1.82, 2.24) is 0 Å². The largest absolute Gasteiger partial charge is 0.274 e. The van der Waals surface area contributed by atoms with Gasteiger partial charge < -0.3 is 0 Å². The van der Waals surface area contributed by atoms with E-state index in [0.29, 0.717) is 5.69 Å². The first kappa shape index (κ1) is 12.6. The van der Waals surface area contributed by atoms with E-state index < -0.39 is 5.41 Å². The Morgan fingerprint density at radius 2 is 1.90 bits per heavy atom. The number of rotatable bonds is 1. The molecule has 2 bridgehead atoms. The van der Waals surface area contributed by atoms with E-state index >= 15 is 0 Å². The van der Waals surface area contributed by atoms with Crippen LogP contribution in [0.2, 0.25) is 0 Å². The molecule has 2 amide bonds. The highest BCUT2D eigenvalue weighted by atomic mass is 127. The number of hydrogen-bond acceptors (Lipinski definition) is 2. The highest BCUT2D eigenvalue weighted by Gasteiger charge is 2.67. The van der Waals surface area contributed by atoms with Gasteiger partial charge in [0.2, 0.25) is 11.8 Å². The molecule has 102 valence electrons. The van der Waals surface area contributed by atoms with Crippen LogP contribution in [0.25, 0.3) is 0 Å². The van der Waals surface area contributed by atoms with Gasteiger partial charge in [-0.15, -0.1) is 0 Å². The smallest absolute Gasteiger partial charge is 0.241 e. The highest BCUT2D eigenvalue weighted by Crippen LogP contribution is 2.60. The molecule has 1 saturated heterocycles. The summed E-state index contributed by atoms with van der Waals surface area (Å²) in [7, 11) is 0. The fraction of sp³-hybridized carbons (Fsp3) is 0.375. The Balaban J connectivity index is 1.80. The molecule has 0 unspecified atom stereocenters. The van der Waals surface area contributed by atoms with Gasteiger partial charge in [0.25, 0.3) is 0 Å². The van der Waals surface area contributed by atoms with E-state index in [2.05, 4.69) is 34.7 Å². The van der Waals surface area contributed by atoms with E-state index in [9.17, 15) is 9.59 Å². The molecule has 0 radical (unpaired) electrons. The number of carbonyl (C=O) groups excluding carboxylic acids is 2. The zero-order valence-electron chi connectivity index (χ0n) is 11.0. The molecular formula is C16H14INO2. The van der Waals surface area contributed by atoms with Gasteiger partial charge in [-0.2, -0.15) is 0 Å². The van der Waals surface area contributed by atoms with E-state index in [0.717, 1.165) is 9.99 Å². The van der Waals surface area contributed by atoms with E-state index in [-0.39, 0.29) is 29.6 Å². The maximum Gasteiger partial charge on any atom is 0.241 e. The van der Waals surface area contributed by atoms with Gasteiger partial charge in [0, 0.05) is 3.57 Å². The van der Waals surface area contributed by atoms with E-state index in [1.54, 1.807) is 0 Å². The molecule has 4 rings (SSSR count). The molecule has 2 aliphatic carbocycles. The second-order valence-electron chi connectivity index (χ2n) is 6.11. The zero-order valence-corrected chi connectivity index (χ0v) is 13.2. The number of anilines is 1. The molecule has 1 saturated carbocycles. The molecule has 20 heavy (non-hydrogen) atoms. The molecule has 1 aromatic carbocycles. The van der Waals surface area contributed by atoms with Gasteiger partial charge in [-0.3, -0.25) is 9.59 Å². The third kappa shape index (κ3) is 1.35. The lowest BCUT2D eigenvalue weighted by atomic mass is 9.71. The van der Waals surface area contributed by atoms with Crippen LogP contribution in [0.4, 0.5) is 5.69 Å². The van der Waals surface area contributed by atoms with Crippen molar-refractivity contribution in [1.29, 1.82) is 0 Å². The van der Waals surface area contributed by atoms with Gasteiger partial charge in [0.15, 0.2) is 0 Å². The summed E-state index contributed by atoms with van der Waals surface area (Å²) in [5.41, 5.74) is 0.176. The monoisotopic (exact) mass is 379 g/mol. The van der Waals surface area contributed by atoms with Crippen LogP contribution >= 0.6 is 22.6 Å². The minimum atomic E-state index is -0.528. The van der Waals surface area contributed by atoms with Crippen LogP contribution in [0.3, 0.4) is 0 Å². The van der Waals surface area contributed by atoms with Crippen molar-refractivity contribution in [2.45, 2.75) is 13.3 Å². The number of hydrogen-bond donors (Lipinski definition) is 0. The van der Waals surface area contributed by atoms with E-state index in [1.807, 2.05) is 31.2 Å². The Kier molecular flexibility index (Phi) is 2.47. The quantitative estimate of drug-likeness (QED) is 0.428. The number of amides is 2. The molecule has 1 aromatic rings. The first-order valence-corrected chi connectivity index (χ1v) is 7.93. The molecule has 0 aromatic heterocycles. The Morgan fingerprint density at radius 3 is 2.55 bits per heavy atom. The lowest BCUT2D eigenvalue weighted by molar-refractivity contribution is -0.127. The SMILES string of the molecule is C[C@]12C(=O)N(c3ccc(I)cc3)C(=O)[C@H]1[C@H]1C=C[C@@H]2C1. The van der Waals surface area contributed by atoms with E-state index in [4.69, 9.17) is 0 Å². The van der Waals surface area contributed by atoms with Gasteiger partial charge in [0.1, 0.15) is 0 Å². The Labute approximate surface area is 131 Å². The van der Waals surface area contributed by atoms with Crippen molar-refractivity contribution in [2.75, 3.05) is 4.90 Å². The molecule has 1 aliphatic heterocycles. The Morgan fingerprint density at radius 1 is 1.20 bits per heavy atom. The third-order valence-electron chi connectivity index (χ3n) is 5.20. The fourth-order valence-electron chi connectivity index (χ4n) is 4.14. The van der Waals surface area contributed by atoms with Crippen molar-refractivity contribution in [2.24, 2.45) is 23.2 Å². The second kappa shape index (κ2) is 3.93. The Hall–Kier alpha value is -1.17. The predicted molar refractivity (Wildman–Crippen MR) is 84.0 cm³/mol. The average Bonchev–Trinajstić information content (AvgIpc) is 3.05. The summed E-state index contributed by atoms with van der Waals surface area (Å²) in [6.07, 6.45) is 5.21. The number of fused-ring (bicyclic) bond motifs is 5. The van der Waals surface area contributed by atoms with Crippen LogP contribution in [0.15, 0.2) is 36.4 Å². The molecule has 2 fully saturated rings. The van der Waals surface area contributed by atoms with Crippen LogP contribution in [-0.4, -0.2) is 11.8 Å². The molecular weight excluding hydrogens is 365 g/mol. The van der Waals surface area contributed by atoms with Gasteiger partial charge in [-0.05, 0) is 72.0 Å². The molecule has 4 heteroatoms. The first-order valence-electron chi connectivity index (χ1n) is 6.86. The maximum atomic E-state index is 12.9. The number of halogens is 1. The molecule has 0 N–H and O–H groups in total. The van der Waals surface area contributed by atoms with Crippen LogP contribution < -0.4 is 4.90 Å². The zero-order chi connectivity index (χ0) is 14.1. The summed E-state index contributed by atoms with van der Waals surface area (Å²) in [6.45, 7) is 1.97. The first-order chi connectivity index (χ1) is 9.53. The normalized spacial score (nSPS) is 37.9. The van der Waals surface area contributed by atoms with Crippen molar-refractivity contribution in [3.05, 3.63) is 40.0 Å². The number of benzene rings is 1. The number of nitrogens with zero attached hydrogens (tertiary/aromatic N) is 1. The standard InChI is InChI=1S/C16H14INO2/c1-16-10-3-2-9(8-10)13(16)14(19)18(15(16)20)12-6-4-11(17)5-7-12/h2-7,9-10,13H,8H2,1H3/t9-,10+,13+,16+/m0/s1. The lowest BCUT2D eigenvalue weighted by Crippen LogP contribution is -2.37. The summed E-state index contributed by atoms with van der Waals surface area (Å²) >= 11 is 2.22. The predicted octanol–water partition coefficient (Wildman–Crippen LogP) is 2.99.